The van der Waals surface area contributed by atoms with E-state index in [0.717, 1.165) is 27.7 Å². The molecule has 0 saturated heterocycles. The van der Waals surface area contributed by atoms with Crippen molar-refractivity contribution in [2.75, 3.05) is 11.8 Å². The molecule has 0 aliphatic heterocycles. The first-order chi connectivity index (χ1) is 15.5. The van der Waals surface area contributed by atoms with Crippen molar-refractivity contribution < 1.29 is 17.9 Å². The molecule has 0 bridgehead atoms. The largest absolute Gasteiger partial charge is 0.496 e. The molecule has 0 spiro atoms. The Morgan fingerprint density at radius 1 is 1.00 bits per heavy atom. The maximum Gasteiger partial charge on any atom is 0.273 e. The lowest BCUT2D eigenvalue weighted by molar-refractivity contribution is 0.0956. The molecule has 0 unspecified atom stereocenters. The zero-order chi connectivity index (χ0) is 22.6. The van der Waals surface area contributed by atoms with Crippen LogP contribution in [0.3, 0.4) is 0 Å². The molecule has 0 radical (unpaired) electrons. The summed E-state index contributed by atoms with van der Waals surface area (Å²) in [6, 6.07) is 21.0. The molecular formula is C23H19N3O4S2. The molecular weight excluding hydrogens is 446 g/mol. The van der Waals surface area contributed by atoms with Crippen LogP contribution in [0.1, 0.15) is 15.9 Å². The Morgan fingerprint density at radius 3 is 2.56 bits per heavy atom. The van der Waals surface area contributed by atoms with Gasteiger partial charge in [0.2, 0.25) is 0 Å². The molecule has 1 aromatic heterocycles. The number of hydrogen-bond donors (Lipinski definition) is 2. The van der Waals surface area contributed by atoms with Gasteiger partial charge in [0.05, 0.1) is 24.6 Å². The highest BCUT2D eigenvalue weighted by molar-refractivity contribution is 7.94. The summed E-state index contributed by atoms with van der Waals surface area (Å²) in [5.74, 6) is 0.0655. The smallest absolute Gasteiger partial charge is 0.273 e. The van der Waals surface area contributed by atoms with Crippen LogP contribution in [0.15, 0.2) is 87.5 Å². The minimum absolute atomic E-state index is 0.148. The molecule has 2 N–H and O–H groups in total. The van der Waals surface area contributed by atoms with Crippen LogP contribution < -0.4 is 14.9 Å². The third-order valence-electron chi connectivity index (χ3n) is 4.69. The van der Waals surface area contributed by atoms with Gasteiger partial charge in [-0.2, -0.15) is 5.10 Å². The van der Waals surface area contributed by atoms with E-state index in [1.807, 2.05) is 36.4 Å². The Kier molecular flexibility index (Phi) is 6.20. The molecule has 9 heteroatoms. The van der Waals surface area contributed by atoms with E-state index in [4.69, 9.17) is 4.74 Å². The summed E-state index contributed by atoms with van der Waals surface area (Å²) >= 11 is 1.09. The van der Waals surface area contributed by atoms with E-state index in [2.05, 4.69) is 15.2 Å². The number of methoxy groups -OCH3 is 1. The molecule has 1 amide bonds. The van der Waals surface area contributed by atoms with E-state index in [-0.39, 0.29) is 15.5 Å². The first kappa shape index (κ1) is 21.5. The molecule has 1 heterocycles. The predicted molar refractivity (Wildman–Crippen MR) is 127 cm³/mol. The van der Waals surface area contributed by atoms with E-state index >= 15 is 0 Å². The molecule has 162 valence electrons. The van der Waals surface area contributed by atoms with Gasteiger partial charge in [-0.25, -0.2) is 13.8 Å². The van der Waals surface area contributed by atoms with Crippen molar-refractivity contribution in [1.29, 1.82) is 0 Å². The van der Waals surface area contributed by atoms with Crippen molar-refractivity contribution >= 4 is 49.9 Å². The van der Waals surface area contributed by atoms with Crippen LogP contribution in [0.25, 0.3) is 10.8 Å². The molecule has 0 aliphatic carbocycles. The van der Waals surface area contributed by atoms with Crippen LogP contribution in [0.2, 0.25) is 0 Å². The molecule has 0 saturated carbocycles. The molecule has 32 heavy (non-hydrogen) atoms. The van der Waals surface area contributed by atoms with Crippen LogP contribution >= 0.6 is 11.3 Å². The number of nitrogens with one attached hydrogen (secondary N) is 2. The Balaban J connectivity index is 1.58. The fourth-order valence-corrected chi connectivity index (χ4v) is 5.26. The van der Waals surface area contributed by atoms with E-state index in [1.165, 1.54) is 24.4 Å². The second-order valence-electron chi connectivity index (χ2n) is 6.68. The number of thiophene rings is 1. The fraction of sp³-hybridized carbons (Fsp3) is 0.0435. The second-order valence-corrected chi connectivity index (χ2v) is 9.54. The van der Waals surface area contributed by atoms with Crippen LogP contribution in [-0.4, -0.2) is 27.6 Å². The van der Waals surface area contributed by atoms with E-state index in [1.54, 1.807) is 30.7 Å². The summed E-state index contributed by atoms with van der Waals surface area (Å²) < 4.78 is 33.2. The van der Waals surface area contributed by atoms with Gasteiger partial charge in [0.15, 0.2) is 0 Å². The number of sulfonamides is 1. The molecule has 0 fully saturated rings. The molecule has 4 rings (SSSR count). The van der Waals surface area contributed by atoms with Gasteiger partial charge >= 0.3 is 0 Å². The highest BCUT2D eigenvalue weighted by Crippen LogP contribution is 2.26. The van der Waals surface area contributed by atoms with Crippen molar-refractivity contribution in [2.24, 2.45) is 5.10 Å². The highest BCUT2D eigenvalue weighted by atomic mass is 32.2. The Hall–Kier alpha value is -3.69. The fourth-order valence-electron chi connectivity index (χ4n) is 3.18. The number of hydrogen-bond acceptors (Lipinski definition) is 6. The Bertz CT molecular complexity index is 1400. The first-order valence-electron chi connectivity index (χ1n) is 9.54. The van der Waals surface area contributed by atoms with Gasteiger partial charge in [-0.3, -0.25) is 9.52 Å². The lowest BCUT2D eigenvalue weighted by Gasteiger charge is -2.11. The topological polar surface area (TPSA) is 96.9 Å². The van der Waals surface area contributed by atoms with E-state index < -0.39 is 15.9 Å². The van der Waals surface area contributed by atoms with Crippen molar-refractivity contribution in [3.05, 3.63) is 89.3 Å². The quantitative estimate of drug-likeness (QED) is 0.311. The Morgan fingerprint density at radius 2 is 1.78 bits per heavy atom. The van der Waals surface area contributed by atoms with Gasteiger partial charge in [-0.15, -0.1) is 11.3 Å². The normalized spacial score (nSPS) is 11.5. The zero-order valence-electron chi connectivity index (χ0n) is 17.0. The van der Waals surface area contributed by atoms with Gasteiger partial charge < -0.3 is 4.74 Å². The number of ether oxygens (including phenoxy) is 1. The van der Waals surface area contributed by atoms with Crippen molar-refractivity contribution in [3.63, 3.8) is 0 Å². The summed E-state index contributed by atoms with van der Waals surface area (Å²) in [5, 5.41) is 7.69. The van der Waals surface area contributed by atoms with Crippen LogP contribution in [0.5, 0.6) is 5.75 Å². The van der Waals surface area contributed by atoms with Gasteiger partial charge in [-0.1, -0.05) is 48.5 Å². The van der Waals surface area contributed by atoms with Crippen molar-refractivity contribution in [1.82, 2.24) is 5.43 Å². The lowest BCUT2D eigenvalue weighted by Crippen LogP contribution is -2.21. The number of para-hydroxylation sites is 1. The average Bonchev–Trinajstić information content (AvgIpc) is 3.35. The number of anilines is 1. The maximum atomic E-state index is 12.8. The second kappa shape index (κ2) is 9.21. The Labute approximate surface area is 189 Å². The van der Waals surface area contributed by atoms with Gasteiger partial charge in [-0.05, 0) is 40.4 Å². The minimum Gasteiger partial charge on any atom is -0.496 e. The molecule has 7 nitrogen and oxygen atoms in total. The summed E-state index contributed by atoms with van der Waals surface area (Å²) in [4.78, 5) is 12.8. The SMILES string of the molecule is COc1ccc2ccccc2c1C=NNC(=O)c1ccccc1NS(=O)(=O)c1cccs1. The number of benzene rings is 3. The molecule has 4 aromatic rings. The molecule has 0 atom stereocenters. The summed E-state index contributed by atoms with van der Waals surface area (Å²) in [6.07, 6.45) is 1.51. The summed E-state index contributed by atoms with van der Waals surface area (Å²) in [6.45, 7) is 0. The maximum absolute atomic E-state index is 12.8. The van der Waals surface area contributed by atoms with Crippen molar-refractivity contribution in [3.8, 4) is 5.75 Å². The van der Waals surface area contributed by atoms with Crippen LogP contribution in [0.4, 0.5) is 5.69 Å². The van der Waals surface area contributed by atoms with Crippen LogP contribution in [-0.2, 0) is 10.0 Å². The van der Waals surface area contributed by atoms with E-state index in [0.29, 0.717) is 5.75 Å². The number of hydrazone groups is 1. The third-order valence-corrected chi connectivity index (χ3v) is 7.45. The number of nitrogens with zero attached hydrogens (tertiary/aromatic N) is 1. The summed E-state index contributed by atoms with van der Waals surface area (Å²) in [5.41, 5.74) is 3.50. The van der Waals surface area contributed by atoms with Gasteiger partial charge in [0, 0.05) is 5.56 Å². The minimum atomic E-state index is -3.79. The van der Waals surface area contributed by atoms with Crippen molar-refractivity contribution in [2.45, 2.75) is 4.21 Å². The highest BCUT2D eigenvalue weighted by Gasteiger charge is 2.19. The predicted octanol–water partition coefficient (Wildman–Crippen LogP) is 4.47. The summed E-state index contributed by atoms with van der Waals surface area (Å²) in [7, 11) is -2.22. The van der Waals surface area contributed by atoms with Crippen LogP contribution in [0, 0.1) is 0 Å². The third kappa shape index (κ3) is 4.48. The van der Waals surface area contributed by atoms with E-state index in [9.17, 15) is 13.2 Å². The monoisotopic (exact) mass is 465 g/mol. The standard InChI is InChI=1S/C23H19N3O4S2/c1-30-21-13-12-16-7-2-3-8-17(16)19(21)15-24-25-23(27)18-9-4-5-10-20(18)26-32(28,29)22-11-6-14-31-22/h2-15,26H,1H3,(H,25,27). The molecule has 3 aromatic carbocycles. The lowest BCUT2D eigenvalue weighted by atomic mass is 10.0. The zero-order valence-corrected chi connectivity index (χ0v) is 18.6. The number of amides is 1. The average molecular weight is 466 g/mol. The number of rotatable bonds is 7. The number of carbonyl (C=O) groups excluding carboxylic acids is 1. The molecule has 0 aliphatic rings. The first-order valence-corrected chi connectivity index (χ1v) is 11.9. The van der Waals surface area contributed by atoms with Gasteiger partial charge in [0.25, 0.3) is 15.9 Å². The number of carbonyl (C=O) groups is 1. The number of fused-ring (bicyclic) bond motifs is 1. The van der Waals surface area contributed by atoms with Gasteiger partial charge in [0.1, 0.15) is 9.96 Å².